The van der Waals surface area contributed by atoms with Gasteiger partial charge in [-0.05, 0) is 43.2 Å². The predicted octanol–water partition coefficient (Wildman–Crippen LogP) is 3.74. The molecule has 1 N–H and O–H groups in total. The van der Waals surface area contributed by atoms with Crippen LogP contribution in [0.5, 0.6) is 0 Å². The minimum Gasteiger partial charge on any atom is -0.358 e. The summed E-state index contributed by atoms with van der Waals surface area (Å²) in [6, 6.07) is 13.8. The van der Waals surface area contributed by atoms with Gasteiger partial charge in [0.1, 0.15) is 5.82 Å². The molecule has 0 aliphatic carbocycles. The van der Waals surface area contributed by atoms with Gasteiger partial charge in [-0.1, -0.05) is 18.2 Å². The maximum absolute atomic E-state index is 13.3. The monoisotopic (exact) mass is 405 g/mol. The van der Waals surface area contributed by atoms with Crippen LogP contribution in [0.4, 0.5) is 4.39 Å². The van der Waals surface area contributed by atoms with Gasteiger partial charge in [0, 0.05) is 60.3 Å². The van der Waals surface area contributed by atoms with Gasteiger partial charge >= 0.3 is 0 Å². The molecule has 5 nitrogen and oxygen atoms in total. The third-order valence-corrected chi connectivity index (χ3v) is 6.34. The molecular weight excluding hydrogens is 381 g/mol. The molecule has 1 saturated heterocycles. The molecule has 1 atom stereocenters. The van der Waals surface area contributed by atoms with Crippen molar-refractivity contribution in [2.75, 3.05) is 19.6 Å². The van der Waals surface area contributed by atoms with Gasteiger partial charge < -0.3 is 14.8 Å². The zero-order valence-corrected chi connectivity index (χ0v) is 16.7. The number of rotatable bonds is 2. The fourth-order valence-corrected chi connectivity index (χ4v) is 4.75. The number of piperidine rings is 1. The summed E-state index contributed by atoms with van der Waals surface area (Å²) in [6.07, 6.45) is 2.42. The standard InChI is InChI=1S/C24H24FN3O2/c25-18-9-7-16(8-10-18)23(29)27-12-3-4-17(14-27)24(30)28-13-11-22-20(15-28)19-5-1-2-6-21(19)26-22/h1-2,5-10,17,26H,3-4,11-15H2/t17-/m0/s1. The van der Waals surface area contributed by atoms with Crippen LogP contribution in [-0.2, 0) is 17.8 Å². The quantitative estimate of drug-likeness (QED) is 0.706. The number of aromatic amines is 1. The Balaban J connectivity index is 1.30. The third kappa shape index (κ3) is 3.36. The number of nitrogens with one attached hydrogen (secondary N) is 1. The van der Waals surface area contributed by atoms with E-state index in [0.29, 0.717) is 31.7 Å². The van der Waals surface area contributed by atoms with Gasteiger partial charge in [0.25, 0.3) is 5.91 Å². The van der Waals surface area contributed by atoms with Crippen molar-refractivity contribution >= 4 is 22.7 Å². The Morgan fingerprint density at radius 1 is 1.00 bits per heavy atom. The number of likely N-dealkylation sites (tertiary alicyclic amines) is 1. The molecule has 2 amide bonds. The Morgan fingerprint density at radius 2 is 1.80 bits per heavy atom. The molecule has 2 aliphatic rings. The maximum Gasteiger partial charge on any atom is 0.253 e. The van der Waals surface area contributed by atoms with E-state index in [1.54, 1.807) is 4.90 Å². The van der Waals surface area contributed by atoms with Gasteiger partial charge in [-0.25, -0.2) is 4.39 Å². The van der Waals surface area contributed by atoms with Crippen LogP contribution in [0.15, 0.2) is 48.5 Å². The number of para-hydroxylation sites is 1. The Hall–Kier alpha value is -3.15. The number of nitrogens with zero attached hydrogens (tertiary/aromatic N) is 2. The SMILES string of the molecule is O=C(c1ccc(F)cc1)N1CCC[C@H](C(=O)N2CCc3[nH]c4ccccc4c3C2)C1. The van der Waals surface area contributed by atoms with Gasteiger partial charge in [0.05, 0.1) is 5.92 Å². The number of hydrogen-bond acceptors (Lipinski definition) is 2. The lowest BCUT2D eigenvalue weighted by Gasteiger charge is -2.36. The van der Waals surface area contributed by atoms with E-state index in [4.69, 9.17) is 0 Å². The van der Waals surface area contributed by atoms with Crippen LogP contribution in [0.3, 0.4) is 0 Å². The number of carbonyl (C=O) groups is 2. The Bertz CT molecular complexity index is 1110. The molecule has 0 bridgehead atoms. The molecular formula is C24H24FN3O2. The molecule has 1 fully saturated rings. The third-order valence-electron chi connectivity index (χ3n) is 6.34. The molecule has 0 spiro atoms. The van der Waals surface area contributed by atoms with E-state index in [2.05, 4.69) is 17.1 Å². The highest BCUT2D eigenvalue weighted by Crippen LogP contribution is 2.29. The molecule has 1 aromatic heterocycles. The summed E-state index contributed by atoms with van der Waals surface area (Å²) >= 11 is 0. The first kappa shape index (κ1) is 18.9. The maximum atomic E-state index is 13.3. The molecule has 3 aromatic rings. The van der Waals surface area contributed by atoms with E-state index < -0.39 is 0 Å². The molecule has 2 aliphatic heterocycles. The van der Waals surface area contributed by atoms with Crippen LogP contribution >= 0.6 is 0 Å². The Morgan fingerprint density at radius 3 is 2.63 bits per heavy atom. The fraction of sp³-hybridized carbons (Fsp3) is 0.333. The van der Waals surface area contributed by atoms with Crippen molar-refractivity contribution in [2.24, 2.45) is 5.92 Å². The van der Waals surface area contributed by atoms with E-state index in [9.17, 15) is 14.0 Å². The largest absolute Gasteiger partial charge is 0.358 e. The van der Waals surface area contributed by atoms with Crippen molar-refractivity contribution in [1.29, 1.82) is 0 Å². The first-order valence-electron chi connectivity index (χ1n) is 10.5. The fourth-order valence-electron chi connectivity index (χ4n) is 4.75. The lowest BCUT2D eigenvalue weighted by molar-refractivity contribution is -0.137. The lowest BCUT2D eigenvalue weighted by Crippen LogP contribution is -2.47. The van der Waals surface area contributed by atoms with Gasteiger partial charge in [0.15, 0.2) is 0 Å². The number of aromatic nitrogens is 1. The van der Waals surface area contributed by atoms with Crippen LogP contribution in [0, 0.1) is 11.7 Å². The normalized spacial score (nSPS) is 19.0. The summed E-state index contributed by atoms with van der Waals surface area (Å²) < 4.78 is 13.2. The number of halogens is 1. The summed E-state index contributed by atoms with van der Waals surface area (Å²) in [5, 5.41) is 1.18. The highest BCUT2D eigenvalue weighted by molar-refractivity contribution is 5.94. The number of hydrogen-bond donors (Lipinski definition) is 1. The summed E-state index contributed by atoms with van der Waals surface area (Å²) in [5.41, 5.74) is 4.01. The van der Waals surface area contributed by atoms with E-state index >= 15 is 0 Å². The van der Waals surface area contributed by atoms with Crippen molar-refractivity contribution in [3.05, 3.63) is 71.2 Å². The number of amides is 2. The smallest absolute Gasteiger partial charge is 0.253 e. The second kappa shape index (κ2) is 7.59. The van der Waals surface area contributed by atoms with Gasteiger partial charge in [-0.3, -0.25) is 9.59 Å². The predicted molar refractivity (Wildman–Crippen MR) is 112 cm³/mol. The summed E-state index contributed by atoms with van der Waals surface area (Å²) in [6.45, 7) is 2.36. The van der Waals surface area contributed by atoms with E-state index in [-0.39, 0.29) is 23.5 Å². The van der Waals surface area contributed by atoms with Crippen LogP contribution in [-0.4, -0.2) is 46.2 Å². The number of H-pyrrole nitrogens is 1. The topological polar surface area (TPSA) is 56.4 Å². The first-order chi connectivity index (χ1) is 14.6. The van der Waals surface area contributed by atoms with Crippen LogP contribution in [0.25, 0.3) is 10.9 Å². The van der Waals surface area contributed by atoms with Gasteiger partial charge in [-0.2, -0.15) is 0 Å². The van der Waals surface area contributed by atoms with Crippen molar-refractivity contribution in [1.82, 2.24) is 14.8 Å². The first-order valence-corrected chi connectivity index (χ1v) is 10.5. The molecule has 2 aromatic carbocycles. The Labute approximate surface area is 174 Å². The van der Waals surface area contributed by atoms with Crippen LogP contribution < -0.4 is 0 Å². The number of fused-ring (bicyclic) bond motifs is 3. The Kier molecular flexibility index (Phi) is 4.77. The summed E-state index contributed by atoms with van der Waals surface area (Å²) in [5.74, 6) is -0.553. The summed E-state index contributed by atoms with van der Waals surface area (Å²) in [4.78, 5) is 33.3. The zero-order chi connectivity index (χ0) is 20.7. The minimum absolute atomic E-state index is 0.127. The molecule has 0 unspecified atom stereocenters. The van der Waals surface area contributed by atoms with Crippen molar-refractivity contribution < 1.29 is 14.0 Å². The molecule has 6 heteroatoms. The molecule has 3 heterocycles. The molecule has 30 heavy (non-hydrogen) atoms. The zero-order valence-electron chi connectivity index (χ0n) is 16.7. The van der Waals surface area contributed by atoms with Crippen LogP contribution in [0.2, 0.25) is 0 Å². The second-order valence-corrected chi connectivity index (χ2v) is 8.23. The summed E-state index contributed by atoms with van der Waals surface area (Å²) in [7, 11) is 0. The molecule has 0 radical (unpaired) electrons. The molecule has 154 valence electrons. The number of benzene rings is 2. The lowest BCUT2D eigenvalue weighted by atomic mass is 9.94. The average Bonchev–Trinajstić information content (AvgIpc) is 3.16. The second-order valence-electron chi connectivity index (χ2n) is 8.23. The molecule has 0 saturated carbocycles. The number of carbonyl (C=O) groups excluding carboxylic acids is 2. The van der Waals surface area contributed by atoms with E-state index in [1.165, 1.54) is 40.9 Å². The highest BCUT2D eigenvalue weighted by atomic mass is 19.1. The molecule has 5 rings (SSSR count). The van der Waals surface area contributed by atoms with Crippen molar-refractivity contribution in [3.63, 3.8) is 0 Å². The highest BCUT2D eigenvalue weighted by Gasteiger charge is 2.33. The minimum atomic E-state index is -0.361. The van der Waals surface area contributed by atoms with Gasteiger partial charge in [0.2, 0.25) is 5.91 Å². The van der Waals surface area contributed by atoms with Crippen molar-refractivity contribution in [3.8, 4) is 0 Å². The van der Waals surface area contributed by atoms with E-state index in [1.807, 2.05) is 17.0 Å². The van der Waals surface area contributed by atoms with E-state index in [0.717, 1.165) is 24.8 Å². The van der Waals surface area contributed by atoms with Crippen molar-refractivity contribution in [2.45, 2.75) is 25.8 Å². The van der Waals surface area contributed by atoms with Gasteiger partial charge in [-0.15, -0.1) is 0 Å². The van der Waals surface area contributed by atoms with Crippen LogP contribution in [0.1, 0.15) is 34.5 Å². The average molecular weight is 405 g/mol.